The number of carbonyl (C=O) groups excluding carboxylic acids is 1. The molecule has 1 fully saturated rings. The zero-order chi connectivity index (χ0) is 20.3. The van der Waals surface area contributed by atoms with Crippen LogP contribution in [0.1, 0.15) is 12.8 Å². The summed E-state index contributed by atoms with van der Waals surface area (Å²) in [7, 11) is 0. The number of aliphatic hydroxyl groups excluding tert-OH is 2. The molecular weight excluding hydrogens is 374 g/mol. The minimum absolute atomic E-state index is 0.0472. The number of aliphatic hydroxyl groups is 2. The molecule has 1 saturated heterocycles. The number of aliphatic carboxylic acids is 1. The van der Waals surface area contributed by atoms with E-state index in [-0.39, 0.29) is 6.42 Å². The first kappa shape index (κ1) is 19.9. The number of carboxylic acid groups (broad SMARTS) is 1. The number of hydrogen-bond donors (Lipinski definition) is 7. The van der Waals surface area contributed by atoms with Gasteiger partial charge in [0.2, 0.25) is 5.91 Å². The number of anilines is 1. The van der Waals surface area contributed by atoms with Crippen molar-refractivity contribution in [2.75, 3.05) is 11.9 Å². The van der Waals surface area contributed by atoms with E-state index in [1.54, 1.807) is 0 Å². The van der Waals surface area contributed by atoms with E-state index in [0.29, 0.717) is 17.0 Å². The molecule has 0 spiro atoms. The molecule has 8 N–H and O–H groups in total. The zero-order valence-corrected chi connectivity index (χ0v) is 14.6. The Morgan fingerprint density at radius 2 is 2.18 bits per heavy atom. The Balaban J connectivity index is 1.66. The number of ether oxygens (including phenoxy) is 1. The molecule has 3 heterocycles. The highest BCUT2D eigenvalue weighted by Gasteiger charge is 2.38. The summed E-state index contributed by atoms with van der Waals surface area (Å²) in [5, 5.41) is 34.2. The number of H-pyrrole nitrogens is 1. The highest BCUT2D eigenvalue weighted by atomic mass is 16.5. The van der Waals surface area contributed by atoms with E-state index in [9.17, 15) is 19.8 Å². The smallest absolute Gasteiger partial charge is 0.305 e. The first-order chi connectivity index (χ1) is 13.4. The van der Waals surface area contributed by atoms with E-state index >= 15 is 0 Å². The number of rotatable bonds is 7. The molecule has 1 amide bonds. The Morgan fingerprint density at radius 3 is 2.89 bits per heavy atom. The van der Waals surface area contributed by atoms with Crippen molar-refractivity contribution in [1.29, 1.82) is 0 Å². The Morgan fingerprint density at radius 1 is 1.39 bits per heavy atom. The summed E-state index contributed by atoms with van der Waals surface area (Å²) in [6, 6.07) is -2.00. The van der Waals surface area contributed by atoms with Crippen LogP contribution in [-0.4, -0.2) is 84.3 Å². The maximum atomic E-state index is 12.0. The van der Waals surface area contributed by atoms with Crippen LogP contribution in [0, 0.1) is 0 Å². The topological polar surface area (TPSA) is 209 Å². The predicted octanol–water partition coefficient (Wildman–Crippen LogP) is -2.48. The van der Waals surface area contributed by atoms with Crippen LogP contribution in [0.2, 0.25) is 0 Å². The van der Waals surface area contributed by atoms with Crippen LogP contribution in [0.5, 0.6) is 0 Å². The van der Waals surface area contributed by atoms with Gasteiger partial charge >= 0.3 is 5.97 Å². The van der Waals surface area contributed by atoms with Crippen LogP contribution in [-0.2, 0) is 14.3 Å². The van der Waals surface area contributed by atoms with Gasteiger partial charge in [-0.05, 0) is 0 Å². The third-order valence-electron chi connectivity index (χ3n) is 4.36. The van der Waals surface area contributed by atoms with Crippen molar-refractivity contribution in [2.24, 2.45) is 5.73 Å². The molecule has 0 radical (unpaired) electrons. The second-order valence-corrected chi connectivity index (χ2v) is 6.37. The summed E-state index contributed by atoms with van der Waals surface area (Å²) in [6.45, 7) is -0.437. The highest BCUT2D eigenvalue weighted by Crippen LogP contribution is 2.24. The van der Waals surface area contributed by atoms with Crippen molar-refractivity contribution in [3.05, 3.63) is 12.7 Å². The number of hydrogen-bond acceptors (Lipinski definition) is 10. The lowest BCUT2D eigenvalue weighted by atomic mass is 9.98. The predicted molar refractivity (Wildman–Crippen MR) is 93.8 cm³/mol. The number of carboxylic acids is 1. The molecule has 2 aromatic rings. The summed E-state index contributed by atoms with van der Waals surface area (Å²) < 4.78 is 5.67. The fourth-order valence-corrected chi connectivity index (χ4v) is 2.94. The molecule has 0 bridgehead atoms. The molecule has 3 rings (SSSR count). The van der Waals surface area contributed by atoms with Crippen molar-refractivity contribution in [3.8, 4) is 0 Å². The molecule has 0 aromatic carbocycles. The number of carbonyl (C=O) groups is 2. The van der Waals surface area contributed by atoms with Gasteiger partial charge in [-0.15, -0.1) is 0 Å². The van der Waals surface area contributed by atoms with Gasteiger partial charge in [-0.2, -0.15) is 0 Å². The van der Waals surface area contributed by atoms with E-state index in [0.717, 1.165) is 0 Å². The second-order valence-electron chi connectivity index (χ2n) is 6.37. The van der Waals surface area contributed by atoms with E-state index in [4.69, 9.17) is 15.6 Å². The van der Waals surface area contributed by atoms with E-state index < -0.39 is 55.4 Å². The van der Waals surface area contributed by atoms with Crippen molar-refractivity contribution < 1.29 is 29.6 Å². The van der Waals surface area contributed by atoms with Crippen molar-refractivity contribution in [2.45, 2.75) is 43.4 Å². The van der Waals surface area contributed by atoms with Gasteiger partial charge in [-0.1, -0.05) is 0 Å². The van der Waals surface area contributed by atoms with Gasteiger partial charge in [0.05, 0.1) is 31.4 Å². The maximum Gasteiger partial charge on any atom is 0.305 e. The number of nitrogens with one attached hydrogen (secondary N) is 3. The fraction of sp³-hybridized carbons (Fsp3) is 0.533. The number of amides is 1. The molecule has 0 unspecified atom stereocenters. The first-order valence-corrected chi connectivity index (χ1v) is 8.51. The standard InChI is InChI=1S/C15H21N7O6/c16-6(1-10(25)26)14(27)21-7-2-8(24)15(28-9(7)3-23)22-13-11-12(18-4-17-11)19-5-20-13/h4-9,15,23-24H,1-3,16H2,(H,21,27)(H,25,26)(H2,17,18,19,20,22)/t6-,7+,8-,9-,15-/m0/s1. The number of imidazole rings is 1. The molecule has 1 aliphatic heterocycles. The first-order valence-electron chi connectivity index (χ1n) is 8.51. The molecule has 28 heavy (non-hydrogen) atoms. The van der Waals surface area contributed by atoms with E-state index in [1.807, 2.05) is 0 Å². The van der Waals surface area contributed by atoms with Crippen LogP contribution in [0.4, 0.5) is 5.82 Å². The Kier molecular flexibility index (Phi) is 5.99. The van der Waals surface area contributed by atoms with Crippen LogP contribution >= 0.6 is 0 Å². The zero-order valence-electron chi connectivity index (χ0n) is 14.6. The lowest BCUT2D eigenvalue weighted by molar-refractivity contribution is -0.145. The highest BCUT2D eigenvalue weighted by molar-refractivity contribution is 5.86. The van der Waals surface area contributed by atoms with Gasteiger partial charge in [0.1, 0.15) is 24.1 Å². The maximum absolute atomic E-state index is 12.0. The third kappa shape index (κ3) is 4.33. The van der Waals surface area contributed by atoms with Gasteiger partial charge < -0.3 is 41.4 Å². The molecule has 0 aliphatic carbocycles. The van der Waals surface area contributed by atoms with Crippen molar-refractivity contribution in [3.63, 3.8) is 0 Å². The monoisotopic (exact) mass is 395 g/mol. The quantitative estimate of drug-likeness (QED) is 0.261. The summed E-state index contributed by atoms with van der Waals surface area (Å²) >= 11 is 0. The van der Waals surface area contributed by atoms with E-state index in [2.05, 4.69) is 30.6 Å². The molecular formula is C15H21N7O6. The van der Waals surface area contributed by atoms with Gasteiger partial charge in [0, 0.05) is 6.42 Å². The van der Waals surface area contributed by atoms with Gasteiger partial charge in [0.25, 0.3) is 0 Å². The molecule has 13 heteroatoms. The molecule has 5 atom stereocenters. The normalized spacial score (nSPS) is 26.0. The number of nitrogens with two attached hydrogens (primary N) is 1. The number of aromatic amines is 1. The van der Waals surface area contributed by atoms with Gasteiger partial charge in [-0.25, -0.2) is 15.0 Å². The lowest BCUT2D eigenvalue weighted by Crippen LogP contribution is -2.59. The molecule has 2 aromatic heterocycles. The average Bonchev–Trinajstić information content (AvgIpc) is 3.13. The Hall–Kier alpha value is -2.87. The number of nitrogens with zero attached hydrogens (tertiary/aromatic N) is 3. The summed E-state index contributed by atoms with van der Waals surface area (Å²) in [5.41, 5.74) is 6.49. The minimum atomic E-state index is -1.25. The van der Waals surface area contributed by atoms with Crippen LogP contribution < -0.4 is 16.4 Å². The van der Waals surface area contributed by atoms with E-state index in [1.165, 1.54) is 12.7 Å². The summed E-state index contributed by atoms with van der Waals surface area (Å²) in [5.74, 6) is -1.56. The molecule has 152 valence electrons. The molecule has 0 saturated carbocycles. The third-order valence-corrected chi connectivity index (χ3v) is 4.36. The SMILES string of the molecule is N[C@@H](CC(=O)O)C(=O)N[C@@H]1C[C@H](O)[C@@H](Nc2ncnc3nc[nH]c23)O[C@H]1CO. The largest absolute Gasteiger partial charge is 0.481 e. The molecule has 13 nitrogen and oxygen atoms in total. The van der Waals surface area contributed by atoms with Gasteiger partial charge in [0.15, 0.2) is 17.7 Å². The summed E-state index contributed by atoms with van der Waals surface area (Å²) in [6.07, 6.45) is -0.561. The molecule has 1 aliphatic rings. The van der Waals surface area contributed by atoms with Gasteiger partial charge in [-0.3, -0.25) is 9.59 Å². The van der Waals surface area contributed by atoms with Crippen molar-refractivity contribution in [1.82, 2.24) is 25.3 Å². The lowest BCUT2D eigenvalue weighted by Gasteiger charge is -2.39. The second kappa shape index (κ2) is 8.43. The van der Waals surface area contributed by atoms with Crippen LogP contribution in [0.15, 0.2) is 12.7 Å². The Bertz CT molecular complexity index is 845. The fourth-order valence-electron chi connectivity index (χ4n) is 2.94. The number of aromatic nitrogens is 4. The number of fused-ring (bicyclic) bond motifs is 1. The minimum Gasteiger partial charge on any atom is -0.481 e. The summed E-state index contributed by atoms with van der Waals surface area (Å²) in [4.78, 5) is 37.7. The van der Waals surface area contributed by atoms with Crippen molar-refractivity contribution >= 4 is 28.9 Å². The Labute approximate surface area is 158 Å². The van der Waals surface area contributed by atoms with Crippen LogP contribution in [0.25, 0.3) is 11.2 Å². The van der Waals surface area contributed by atoms with Crippen LogP contribution in [0.3, 0.4) is 0 Å². The average molecular weight is 395 g/mol.